The Labute approximate surface area is 154 Å². The average molecular weight is 375 g/mol. The van der Waals surface area contributed by atoms with Crippen molar-refractivity contribution in [3.05, 3.63) is 0 Å². The molecule has 0 aromatic rings. The van der Waals surface area contributed by atoms with Crippen molar-refractivity contribution in [3.8, 4) is 0 Å². The molecule has 0 aromatic carbocycles. The number of urea groups is 1. The Morgan fingerprint density at radius 2 is 0.833 bits per heavy atom. The molecule has 7 heteroatoms. The maximum Gasteiger partial charge on any atom is 0.354 e. The topological polar surface area (TPSA) is 57.7 Å². The van der Waals surface area contributed by atoms with Crippen molar-refractivity contribution in [1.82, 2.24) is 8.61 Å². The molecule has 24 heavy (non-hydrogen) atoms. The molecular weight excluding hydrogens is 344 g/mol. The van der Waals surface area contributed by atoms with Gasteiger partial charge in [0, 0.05) is 9.49 Å². The molecule has 0 aliphatic carbocycles. The van der Waals surface area contributed by atoms with E-state index in [-0.39, 0.29) is 10.8 Å². The fourth-order valence-electron chi connectivity index (χ4n) is 1.32. The van der Waals surface area contributed by atoms with Crippen LogP contribution in [-0.4, -0.2) is 35.9 Å². The van der Waals surface area contributed by atoms with Crippen LogP contribution in [0.4, 0.5) is 4.79 Å². The summed E-state index contributed by atoms with van der Waals surface area (Å²) in [6.45, 7) is 20.1. The van der Waals surface area contributed by atoms with Gasteiger partial charge >= 0.3 is 17.8 Å². The van der Waals surface area contributed by atoms with E-state index < -0.39 is 27.3 Å². The molecule has 0 aromatic heterocycles. The number of nitrogens with zero attached hydrogens (tertiary/aromatic N) is 2. The zero-order chi connectivity index (χ0) is 19.3. The molecule has 0 N–H and O–H groups in total. The number of carbonyl (C=O) groups is 3. The van der Waals surface area contributed by atoms with Gasteiger partial charge in [-0.2, -0.15) is 8.61 Å². The molecule has 0 unspecified atom stereocenters. The van der Waals surface area contributed by atoms with Crippen LogP contribution in [-0.2, 0) is 9.59 Å². The third-order valence-corrected chi connectivity index (χ3v) is 8.30. The summed E-state index contributed by atoms with van der Waals surface area (Å²) in [7, 11) is 0. The van der Waals surface area contributed by atoms with Crippen molar-refractivity contribution in [2.45, 2.75) is 78.7 Å². The summed E-state index contributed by atoms with van der Waals surface area (Å²) in [5.41, 5.74) is -0.293. The Kier molecular flexibility index (Phi) is 5.55. The summed E-state index contributed by atoms with van der Waals surface area (Å²) in [4.78, 5) is 37.4. The number of rotatable bonds is 4. The first-order valence-corrected chi connectivity index (χ1v) is 9.58. The highest BCUT2D eigenvalue weighted by Gasteiger charge is 2.52. The summed E-state index contributed by atoms with van der Waals surface area (Å²) in [5.74, 6) is -1.53. The summed E-state index contributed by atoms with van der Waals surface area (Å²) in [5, 5.41) is 0. The van der Waals surface area contributed by atoms with E-state index >= 15 is 0 Å². The lowest BCUT2D eigenvalue weighted by Gasteiger charge is -2.40. The van der Waals surface area contributed by atoms with Crippen LogP contribution < -0.4 is 0 Å². The summed E-state index contributed by atoms with van der Waals surface area (Å²) in [6.07, 6.45) is 0. The highest BCUT2D eigenvalue weighted by atomic mass is 32.2. The second-order valence-electron chi connectivity index (χ2n) is 9.18. The molecule has 0 spiro atoms. The number of imide groups is 2. The standard InChI is InChI=1S/C17H30N2O3S2/c1-14(2,3)16(7,8)23-18-11(20)12(21)19(13(18)22)24-17(9,10)15(4,5)6/h1-10H3. The highest BCUT2D eigenvalue weighted by molar-refractivity contribution is 8.01. The predicted molar refractivity (Wildman–Crippen MR) is 101 cm³/mol. The highest BCUT2D eigenvalue weighted by Crippen LogP contribution is 2.48. The van der Waals surface area contributed by atoms with Gasteiger partial charge in [0.2, 0.25) is 0 Å². The minimum Gasteiger partial charge on any atom is -0.262 e. The Balaban J connectivity index is 3.06. The van der Waals surface area contributed by atoms with Crippen LogP contribution in [0.5, 0.6) is 0 Å². The summed E-state index contributed by atoms with van der Waals surface area (Å²) in [6, 6.07) is -0.561. The molecule has 1 aliphatic heterocycles. The van der Waals surface area contributed by atoms with Gasteiger partial charge in [0.1, 0.15) is 0 Å². The molecule has 4 amide bonds. The minimum atomic E-state index is -0.764. The second-order valence-corrected chi connectivity index (χ2v) is 12.3. The van der Waals surface area contributed by atoms with E-state index in [4.69, 9.17) is 0 Å². The molecule has 5 nitrogen and oxygen atoms in total. The first-order chi connectivity index (χ1) is 10.4. The summed E-state index contributed by atoms with van der Waals surface area (Å²) < 4.78 is 1.25. The van der Waals surface area contributed by atoms with Crippen LogP contribution in [0.3, 0.4) is 0 Å². The minimum absolute atomic E-state index is 0.146. The number of hydrogen-bond acceptors (Lipinski definition) is 5. The zero-order valence-corrected chi connectivity index (χ0v) is 18.1. The largest absolute Gasteiger partial charge is 0.354 e. The van der Waals surface area contributed by atoms with Crippen molar-refractivity contribution >= 4 is 41.7 Å². The molecule has 1 fully saturated rings. The average Bonchev–Trinajstić information content (AvgIpc) is 2.53. The number of carbonyl (C=O) groups excluding carboxylic acids is 3. The Hall–Kier alpha value is -0.690. The van der Waals surface area contributed by atoms with Crippen LogP contribution >= 0.6 is 23.9 Å². The van der Waals surface area contributed by atoms with Crippen molar-refractivity contribution in [1.29, 1.82) is 0 Å². The molecule has 0 radical (unpaired) electrons. The molecule has 138 valence electrons. The first-order valence-electron chi connectivity index (χ1n) is 8.03. The van der Waals surface area contributed by atoms with Crippen molar-refractivity contribution in [3.63, 3.8) is 0 Å². The fraction of sp³-hybridized carbons (Fsp3) is 0.824. The van der Waals surface area contributed by atoms with Gasteiger partial charge in [-0.15, -0.1) is 0 Å². The van der Waals surface area contributed by atoms with Gasteiger partial charge in [0.15, 0.2) is 0 Å². The maximum atomic E-state index is 12.7. The molecule has 1 heterocycles. The third kappa shape index (κ3) is 3.93. The van der Waals surface area contributed by atoms with Crippen LogP contribution in [0, 0.1) is 10.8 Å². The lowest BCUT2D eigenvalue weighted by Crippen LogP contribution is -2.40. The lowest BCUT2D eigenvalue weighted by atomic mass is 9.83. The smallest absolute Gasteiger partial charge is 0.262 e. The second kappa shape index (κ2) is 6.24. The molecule has 0 atom stereocenters. The maximum absolute atomic E-state index is 12.7. The van der Waals surface area contributed by atoms with Gasteiger partial charge < -0.3 is 0 Å². The molecule has 1 saturated heterocycles. The Morgan fingerprint density at radius 1 is 0.583 bits per heavy atom. The third-order valence-electron chi connectivity index (χ3n) is 5.15. The van der Waals surface area contributed by atoms with Gasteiger partial charge in [-0.1, -0.05) is 41.5 Å². The van der Waals surface area contributed by atoms with Gasteiger partial charge in [0.25, 0.3) is 0 Å². The molecule has 1 aliphatic rings. The van der Waals surface area contributed by atoms with Gasteiger partial charge in [-0.3, -0.25) is 9.59 Å². The fourth-order valence-corrected chi connectivity index (χ4v) is 3.48. The number of hydrogen-bond donors (Lipinski definition) is 0. The van der Waals surface area contributed by atoms with Crippen LogP contribution in [0.25, 0.3) is 0 Å². The van der Waals surface area contributed by atoms with E-state index in [2.05, 4.69) is 0 Å². The van der Waals surface area contributed by atoms with E-state index in [9.17, 15) is 14.4 Å². The molecule has 0 bridgehead atoms. The van der Waals surface area contributed by atoms with Crippen molar-refractivity contribution in [2.24, 2.45) is 10.8 Å². The van der Waals surface area contributed by atoms with Crippen molar-refractivity contribution < 1.29 is 14.4 Å². The number of amides is 4. The SMILES string of the molecule is CC(C)(C)C(C)(C)SN1C(=O)C(=O)N(SC(C)(C)C(C)(C)C)C1=O. The molecular formula is C17H30N2O3S2. The quantitative estimate of drug-likeness (QED) is 0.405. The van der Waals surface area contributed by atoms with Gasteiger partial charge in [-0.25, -0.2) is 4.79 Å². The first kappa shape index (κ1) is 21.4. The van der Waals surface area contributed by atoms with E-state index in [1.54, 1.807) is 0 Å². The van der Waals surface area contributed by atoms with Crippen LogP contribution in [0.15, 0.2) is 0 Å². The van der Waals surface area contributed by atoms with Crippen molar-refractivity contribution in [2.75, 3.05) is 0 Å². The van der Waals surface area contributed by atoms with Crippen LogP contribution in [0.2, 0.25) is 0 Å². The van der Waals surface area contributed by atoms with Gasteiger partial charge in [-0.05, 0) is 62.4 Å². The lowest BCUT2D eigenvalue weighted by molar-refractivity contribution is -0.139. The van der Waals surface area contributed by atoms with Gasteiger partial charge in [0.05, 0.1) is 0 Å². The Morgan fingerprint density at radius 3 is 1.04 bits per heavy atom. The van der Waals surface area contributed by atoms with E-state index in [1.165, 1.54) is 0 Å². The van der Waals surface area contributed by atoms with E-state index in [0.717, 1.165) is 32.5 Å². The molecule has 0 saturated carbocycles. The summed E-state index contributed by atoms with van der Waals surface area (Å²) >= 11 is 2.26. The van der Waals surface area contributed by atoms with E-state index in [0.29, 0.717) is 0 Å². The van der Waals surface area contributed by atoms with E-state index in [1.807, 2.05) is 69.2 Å². The monoisotopic (exact) mass is 374 g/mol. The molecule has 1 rings (SSSR count). The van der Waals surface area contributed by atoms with Crippen LogP contribution in [0.1, 0.15) is 69.2 Å². The predicted octanol–water partition coefficient (Wildman–Crippen LogP) is 4.72. The normalized spacial score (nSPS) is 18.0. The Bertz CT molecular complexity index is 509. The zero-order valence-electron chi connectivity index (χ0n) is 16.4.